The summed E-state index contributed by atoms with van der Waals surface area (Å²) in [5.74, 6) is 0. The number of rotatable bonds is 2. The third kappa shape index (κ3) is 2.51. The largest absolute Gasteiger partial charge is 0.384 e. The van der Waals surface area contributed by atoms with Crippen molar-refractivity contribution in [1.29, 1.82) is 0 Å². The molecule has 100 valence electrons. The molecule has 1 aromatic heterocycles. The van der Waals surface area contributed by atoms with Crippen molar-refractivity contribution in [2.45, 2.75) is 6.10 Å². The molecule has 0 fully saturated rings. The zero-order valence-electron chi connectivity index (χ0n) is 10.4. The highest BCUT2D eigenvalue weighted by Crippen LogP contribution is 2.33. The second-order valence-electron chi connectivity index (χ2n) is 4.51. The van der Waals surface area contributed by atoms with Gasteiger partial charge in [0.15, 0.2) is 0 Å². The lowest BCUT2D eigenvalue weighted by atomic mass is 9.97. The SMILES string of the molecule is OC(c1ccc(Br)cc1Br)c1cccc2ccncc12. The smallest absolute Gasteiger partial charge is 0.106 e. The van der Waals surface area contributed by atoms with Gasteiger partial charge in [0.05, 0.1) is 0 Å². The molecule has 0 spiro atoms. The first kappa shape index (κ1) is 13.7. The highest BCUT2D eigenvalue weighted by Gasteiger charge is 2.16. The number of benzene rings is 2. The number of aliphatic hydroxyl groups is 1. The van der Waals surface area contributed by atoms with Gasteiger partial charge < -0.3 is 5.11 Å². The Bertz CT molecular complexity index is 768. The molecule has 2 nitrogen and oxygen atoms in total. The van der Waals surface area contributed by atoms with Crippen LogP contribution in [0.3, 0.4) is 0 Å². The molecule has 0 saturated heterocycles. The van der Waals surface area contributed by atoms with Crippen LogP contribution in [0.5, 0.6) is 0 Å². The van der Waals surface area contributed by atoms with Gasteiger partial charge in [-0.2, -0.15) is 0 Å². The lowest BCUT2D eigenvalue weighted by Gasteiger charge is -2.15. The van der Waals surface area contributed by atoms with Gasteiger partial charge in [-0.1, -0.05) is 56.1 Å². The van der Waals surface area contributed by atoms with Gasteiger partial charge in [-0.05, 0) is 34.7 Å². The van der Waals surface area contributed by atoms with Gasteiger partial charge in [0, 0.05) is 26.7 Å². The average Bonchev–Trinajstić information content (AvgIpc) is 2.46. The number of hydrogen-bond acceptors (Lipinski definition) is 2. The van der Waals surface area contributed by atoms with E-state index in [2.05, 4.69) is 36.8 Å². The van der Waals surface area contributed by atoms with Crippen molar-refractivity contribution < 1.29 is 5.11 Å². The summed E-state index contributed by atoms with van der Waals surface area (Å²) in [4.78, 5) is 4.16. The highest BCUT2D eigenvalue weighted by molar-refractivity contribution is 9.11. The monoisotopic (exact) mass is 391 g/mol. The zero-order valence-corrected chi connectivity index (χ0v) is 13.6. The second kappa shape index (κ2) is 5.64. The fourth-order valence-electron chi connectivity index (χ4n) is 2.27. The number of nitrogens with zero attached hydrogens (tertiary/aromatic N) is 1. The molecular formula is C16H11Br2NO. The van der Waals surface area contributed by atoms with Crippen LogP contribution in [0.15, 0.2) is 63.8 Å². The summed E-state index contributed by atoms with van der Waals surface area (Å²) in [5.41, 5.74) is 1.70. The van der Waals surface area contributed by atoms with Crippen molar-refractivity contribution in [3.8, 4) is 0 Å². The van der Waals surface area contributed by atoms with E-state index in [1.54, 1.807) is 12.4 Å². The third-order valence-corrected chi connectivity index (χ3v) is 4.45. The summed E-state index contributed by atoms with van der Waals surface area (Å²) >= 11 is 6.92. The van der Waals surface area contributed by atoms with E-state index < -0.39 is 6.10 Å². The predicted molar refractivity (Wildman–Crippen MR) is 87.6 cm³/mol. The average molecular weight is 393 g/mol. The molecule has 3 aromatic rings. The molecule has 0 bridgehead atoms. The number of aromatic nitrogens is 1. The molecule has 1 atom stereocenters. The fourth-order valence-corrected chi connectivity index (χ4v) is 3.53. The molecule has 0 aliphatic heterocycles. The molecule has 0 amide bonds. The first-order valence-electron chi connectivity index (χ1n) is 6.12. The van der Waals surface area contributed by atoms with E-state index in [9.17, 15) is 5.11 Å². The first-order valence-corrected chi connectivity index (χ1v) is 7.71. The lowest BCUT2D eigenvalue weighted by Crippen LogP contribution is -2.01. The number of hydrogen-bond donors (Lipinski definition) is 1. The number of pyridine rings is 1. The molecule has 1 N–H and O–H groups in total. The topological polar surface area (TPSA) is 33.1 Å². The van der Waals surface area contributed by atoms with Gasteiger partial charge in [0.1, 0.15) is 6.10 Å². The van der Waals surface area contributed by atoms with Crippen LogP contribution < -0.4 is 0 Å². The van der Waals surface area contributed by atoms with E-state index >= 15 is 0 Å². The molecule has 3 rings (SSSR count). The number of halogens is 2. The lowest BCUT2D eigenvalue weighted by molar-refractivity contribution is 0.221. The second-order valence-corrected chi connectivity index (χ2v) is 6.28. The molecule has 1 heterocycles. The summed E-state index contributed by atoms with van der Waals surface area (Å²) in [6.45, 7) is 0. The van der Waals surface area contributed by atoms with Crippen LogP contribution >= 0.6 is 31.9 Å². The van der Waals surface area contributed by atoms with Crippen molar-refractivity contribution in [2.24, 2.45) is 0 Å². The van der Waals surface area contributed by atoms with Crippen LogP contribution in [0.2, 0.25) is 0 Å². The van der Waals surface area contributed by atoms with Crippen molar-refractivity contribution in [2.75, 3.05) is 0 Å². The Balaban J connectivity index is 2.15. The van der Waals surface area contributed by atoms with E-state index in [-0.39, 0.29) is 0 Å². The number of aliphatic hydroxyl groups excluding tert-OH is 1. The Labute approximate surface area is 133 Å². The minimum atomic E-state index is -0.689. The standard InChI is InChI=1S/C16H11Br2NO/c17-11-4-5-13(15(18)8-11)16(20)12-3-1-2-10-6-7-19-9-14(10)12/h1-9,16,20H. The Morgan fingerprint density at radius 2 is 1.85 bits per heavy atom. The van der Waals surface area contributed by atoms with Crippen molar-refractivity contribution in [3.05, 3.63) is 74.9 Å². The van der Waals surface area contributed by atoms with Crippen LogP contribution in [-0.4, -0.2) is 10.1 Å². The van der Waals surface area contributed by atoms with Crippen LogP contribution in [-0.2, 0) is 0 Å². The molecule has 0 aliphatic rings. The Morgan fingerprint density at radius 1 is 1.00 bits per heavy atom. The van der Waals surface area contributed by atoms with Gasteiger partial charge in [0.2, 0.25) is 0 Å². The van der Waals surface area contributed by atoms with E-state index in [1.165, 1.54) is 0 Å². The Kier molecular flexibility index (Phi) is 3.87. The fraction of sp³-hybridized carbons (Fsp3) is 0.0625. The summed E-state index contributed by atoms with van der Waals surface area (Å²) in [6, 6.07) is 13.6. The van der Waals surface area contributed by atoms with Crippen molar-refractivity contribution in [3.63, 3.8) is 0 Å². The van der Waals surface area contributed by atoms with Crippen molar-refractivity contribution >= 4 is 42.6 Å². The Hall–Kier alpha value is -1.23. The molecule has 0 aliphatic carbocycles. The van der Waals surface area contributed by atoms with Crippen LogP contribution in [0.25, 0.3) is 10.8 Å². The van der Waals surface area contributed by atoms with E-state index in [1.807, 2.05) is 42.5 Å². The van der Waals surface area contributed by atoms with Gasteiger partial charge in [-0.25, -0.2) is 0 Å². The third-order valence-electron chi connectivity index (χ3n) is 3.27. The maximum Gasteiger partial charge on any atom is 0.106 e. The molecule has 20 heavy (non-hydrogen) atoms. The maximum atomic E-state index is 10.7. The van der Waals surface area contributed by atoms with Gasteiger partial charge in [0.25, 0.3) is 0 Å². The number of fused-ring (bicyclic) bond motifs is 1. The molecule has 0 saturated carbocycles. The molecule has 2 aromatic carbocycles. The van der Waals surface area contributed by atoms with Crippen molar-refractivity contribution in [1.82, 2.24) is 4.98 Å². The first-order chi connectivity index (χ1) is 9.66. The summed E-state index contributed by atoms with van der Waals surface area (Å²) in [7, 11) is 0. The van der Waals surface area contributed by atoms with Crippen LogP contribution in [0, 0.1) is 0 Å². The molecule has 0 radical (unpaired) electrons. The Morgan fingerprint density at radius 3 is 2.65 bits per heavy atom. The molecule has 1 unspecified atom stereocenters. The minimum absolute atomic E-state index is 0.689. The molecule has 4 heteroatoms. The predicted octanol–water partition coefficient (Wildman–Crippen LogP) is 4.84. The summed E-state index contributed by atoms with van der Waals surface area (Å²) < 4.78 is 1.85. The highest BCUT2D eigenvalue weighted by atomic mass is 79.9. The zero-order chi connectivity index (χ0) is 14.1. The van der Waals surface area contributed by atoms with E-state index in [0.717, 1.165) is 30.8 Å². The van der Waals surface area contributed by atoms with Gasteiger partial charge >= 0.3 is 0 Å². The van der Waals surface area contributed by atoms with Gasteiger partial charge in [-0.3, -0.25) is 4.98 Å². The van der Waals surface area contributed by atoms with Crippen LogP contribution in [0.1, 0.15) is 17.2 Å². The van der Waals surface area contributed by atoms with Crippen LogP contribution in [0.4, 0.5) is 0 Å². The van der Waals surface area contributed by atoms with Gasteiger partial charge in [-0.15, -0.1) is 0 Å². The van der Waals surface area contributed by atoms with E-state index in [4.69, 9.17) is 0 Å². The summed E-state index contributed by atoms with van der Waals surface area (Å²) in [5, 5.41) is 12.7. The molecular weight excluding hydrogens is 382 g/mol. The normalized spacial score (nSPS) is 12.6. The van der Waals surface area contributed by atoms with E-state index in [0.29, 0.717) is 0 Å². The quantitative estimate of drug-likeness (QED) is 0.676. The maximum absolute atomic E-state index is 10.7. The summed E-state index contributed by atoms with van der Waals surface area (Å²) in [6.07, 6.45) is 2.86. The minimum Gasteiger partial charge on any atom is -0.384 e.